The molecule has 0 radical (unpaired) electrons. The van der Waals surface area contributed by atoms with E-state index in [1.54, 1.807) is 0 Å². The first-order valence-corrected chi connectivity index (χ1v) is 7.27. The van der Waals surface area contributed by atoms with Crippen molar-refractivity contribution < 1.29 is 0 Å². The molecule has 0 saturated heterocycles. The zero-order chi connectivity index (χ0) is 15.2. The number of hydrazine groups is 1. The van der Waals surface area contributed by atoms with Crippen molar-refractivity contribution in [1.29, 1.82) is 0 Å². The molecule has 1 aromatic heterocycles. The first-order valence-electron chi connectivity index (χ1n) is 7.27. The van der Waals surface area contributed by atoms with Gasteiger partial charge in [0, 0.05) is 18.5 Å². The van der Waals surface area contributed by atoms with Gasteiger partial charge in [-0.15, -0.1) is 0 Å². The van der Waals surface area contributed by atoms with E-state index >= 15 is 0 Å². The van der Waals surface area contributed by atoms with Crippen molar-refractivity contribution in [3.8, 4) is 0 Å². The zero-order valence-electron chi connectivity index (χ0n) is 12.9. The van der Waals surface area contributed by atoms with Crippen molar-refractivity contribution in [1.82, 2.24) is 9.97 Å². The third-order valence-corrected chi connectivity index (χ3v) is 3.34. The SMILES string of the molecule is CCCc1nc(NN)c(C)c(NCc2cccc(C)c2)n1. The van der Waals surface area contributed by atoms with Crippen LogP contribution in [0, 0.1) is 13.8 Å². The smallest absolute Gasteiger partial charge is 0.148 e. The number of nitrogens with two attached hydrogens (primary N) is 1. The normalized spacial score (nSPS) is 10.5. The first-order chi connectivity index (χ1) is 10.1. The number of anilines is 2. The monoisotopic (exact) mass is 285 g/mol. The second kappa shape index (κ2) is 7.04. The summed E-state index contributed by atoms with van der Waals surface area (Å²) in [5.41, 5.74) is 6.07. The number of benzene rings is 1. The summed E-state index contributed by atoms with van der Waals surface area (Å²) >= 11 is 0. The van der Waals surface area contributed by atoms with Gasteiger partial charge in [0.25, 0.3) is 0 Å². The van der Waals surface area contributed by atoms with Gasteiger partial charge in [-0.05, 0) is 25.8 Å². The fourth-order valence-electron chi connectivity index (χ4n) is 2.22. The molecule has 5 heteroatoms. The largest absolute Gasteiger partial charge is 0.366 e. The lowest BCUT2D eigenvalue weighted by molar-refractivity contribution is 0.830. The van der Waals surface area contributed by atoms with Gasteiger partial charge in [-0.25, -0.2) is 15.8 Å². The van der Waals surface area contributed by atoms with Crippen LogP contribution in [0.5, 0.6) is 0 Å². The summed E-state index contributed by atoms with van der Waals surface area (Å²) in [6.07, 6.45) is 1.85. The van der Waals surface area contributed by atoms with Crippen LogP contribution in [0.25, 0.3) is 0 Å². The van der Waals surface area contributed by atoms with Gasteiger partial charge in [-0.2, -0.15) is 0 Å². The second-order valence-electron chi connectivity index (χ2n) is 5.20. The highest BCUT2D eigenvalue weighted by atomic mass is 15.3. The standard InChI is InChI=1S/C16H23N5/c1-4-6-14-19-15(12(3)16(20-14)21-17)18-10-13-8-5-7-11(2)9-13/h5,7-9H,4,6,10,17H2,1-3H3,(H2,18,19,20,21). The van der Waals surface area contributed by atoms with E-state index in [2.05, 4.69) is 58.8 Å². The van der Waals surface area contributed by atoms with Gasteiger partial charge in [-0.3, -0.25) is 0 Å². The summed E-state index contributed by atoms with van der Waals surface area (Å²) < 4.78 is 0. The first kappa shape index (κ1) is 15.3. The molecule has 2 aromatic rings. The van der Waals surface area contributed by atoms with Crippen molar-refractivity contribution in [2.75, 3.05) is 10.7 Å². The molecular weight excluding hydrogens is 262 g/mol. The van der Waals surface area contributed by atoms with Gasteiger partial charge in [0.15, 0.2) is 0 Å². The Morgan fingerprint density at radius 2 is 1.90 bits per heavy atom. The van der Waals surface area contributed by atoms with E-state index in [9.17, 15) is 0 Å². The second-order valence-corrected chi connectivity index (χ2v) is 5.20. The Hall–Kier alpha value is -2.14. The van der Waals surface area contributed by atoms with Crippen LogP contribution in [-0.2, 0) is 13.0 Å². The van der Waals surface area contributed by atoms with E-state index in [1.165, 1.54) is 11.1 Å². The van der Waals surface area contributed by atoms with Crippen molar-refractivity contribution in [2.45, 2.75) is 40.2 Å². The van der Waals surface area contributed by atoms with Gasteiger partial charge in [0.05, 0.1) is 0 Å². The molecule has 5 nitrogen and oxygen atoms in total. The highest BCUT2D eigenvalue weighted by Gasteiger charge is 2.09. The van der Waals surface area contributed by atoms with Crippen molar-refractivity contribution >= 4 is 11.6 Å². The van der Waals surface area contributed by atoms with Crippen LogP contribution in [-0.4, -0.2) is 9.97 Å². The fraction of sp³-hybridized carbons (Fsp3) is 0.375. The number of aryl methyl sites for hydroxylation is 2. The quantitative estimate of drug-likeness (QED) is 0.562. The zero-order valence-corrected chi connectivity index (χ0v) is 12.9. The third-order valence-electron chi connectivity index (χ3n) is 3.34. The van der Waals surface area contributed by atoms with E-state index < -0.39 is 0 Å². The molecule has 0 aliphatic rings. The van der Waals surface area contributed by atoms with Gasteiger partial charge < -0.3 is 10.7 Å². The maximum Gasteiger partial charge on any atom is 0.148 e. The minimum atomic E-state index is 0.681. The summed E-state index contributed by atoms with van der Waals surface area (Å²) in [5.74, 6) is 7.87. The van der Waals surface area contributed by atoms with E-state index in [0.717, 1.165) is 36.6 Å². The molecule has 0 saturated carbocycles. The predicted molar refractivity (Wildman–Crippen MR) is 87.1 cm³/mol. The molecule has 4 N–H and O–H groups in total. The maximum absolute atomic E-state index is 5.54. The van der Waals surface area contributed by atoms with E-state index in [4.69, 9.17) is 5.84 Å². The molecule has 112 valence electrons. The number of nitrogens with zero attached hydrogens (tertiary/aromatic N) is 2. The molecule has 0 atom stereocenters. The molecule has 1 heterocycles. The molecular formula is C16H23N5. The van der Waals surface area contributed by atoms with Crippen LogP contribution in [0.1, 0.15) is 35.9 Å². The average Bonchev–Trinajstić information content (AvgIpc) is 2.48. The summed E-state index contributed by atoms with van der Waals surface area (Å²) in [4.78, 5) is 9.01. The summed E-state index contributed by atoms with van der Waals surface area (Å²) in [6, 6.07) is 8.42. The number of nitrogen functional groups attached to an aromatic ring is 1. The molecule has 21 heavy (non-hydrogen) atoms. The van der Waals surface area contributed by atoms with Crippen LogP contribution in [0.4, 0.5) is 11.6 Å². The Kier molecular flexibility index (Phi) is 5.11. The van der Waals surface area contributed by atoms with E-state index in [0.29, 0.717) is 5.82 Å². The lowest BCUT2D eigenvalue weighted by Crippen LogP contribution is -2.15. The third kappa shape index (κ3) is 3.92. The molecule has 0 bridgehead atoms. The molecule has 1 aromatic carbocycles. The van der Waals surface area contributed by atoms with Gasteiger partial charge in [-0.1, -0.05) is 36.8 Å². The van der Waals surface area contributed by atoms with Crippen molar-refractivity contribution in [3.63, 3.8) is 0 Å². The Balaban J connectivity index is 2.20. The Bertz CT molecular complexity index is 610. The van der Waals surface area contributed by atoms with E-state index in [-0.39, 0.29) is 0 Å². The van der Waals surface area contributed by atoms with Crippen LogP contribution in [0.2, 0.25) is 0 Å². The van der Waals surface area contributed by atoms with Crippen LogP contribution in [0.3, 0.4) is 0 Å². The molecule has 0 aliphatic heterocycles. The average molecular weight is 285 g/mol. The minimum Gasteiger partial charge on any atom is -0.366 e. The summed E-state index contributed by atoms with van der Waals surface area (Å²) in [6.45, 7) is 6.90. The predicted octanol–water partition coefficient (Wildman–Crippen LogP) is 2.94. The number of hydrogen-bond donors (Lipinski definition) is 3. The molecule has 2 rings (SSSR count). The summed E-state index contributed by atoms with van der Waals surface area (Å²) in [5, 5.41) is 3.38. The number of nitrogens with one attached hydrogen (secondary N) is 2. The fourth-order valence-corrected chi connectivity index (χ4v) is 2.22. The lowest BCUT2D eigenvalue weighted by Gasteiger charge is -2.13. The van der Waals surface area contributed by atoms with Gasteiger partial charge in [0.1, 0.15) is 17.5 Å². The molecule has 0 fully saturated rings. The molecule has 0 spiro atoms. The van der Waals surface area contributed by atoms with Crippen molar-refractivity contribution in [3.05, 3.63) is 46.8 Å². The van der Waals surface area contributed by atoms with Crippen molar-refractivity contribution in [2.24, 2.45) is 5.84 Å². The molecule has 0 unspecified atom stereocenters. The van der Waals surface area contributed by atoms with Gasteiger partial charge in [0.2, 0.25) is 0 Å². The number of hydrogen-bond acceptors (Lipinski definition) is 5. The Labute approximate surface area is 126 Å². The topological polar surface area (TPSA) is 75.9 Å². The maximum atomic E-state index is 5.54. The van der Waals surface area contributed by atoms with Crippen LogP contribution < -0.4 is 16.6 Å². The number of aromatic nitrogens is 2. The number of rotatable bonds is 6. The Morgan fingerprint density at radius 1 is 1.14 bits per heavy atom. The van der Waals surface area contributed by atoms with Crippen LogP contribution in [0.15, 0.2) is 24.3 Å². The van der Waals surface area contributed by atoms with Gasteiger partial charge >= 0.3 is 0 Å². The Morgan fingerprint density at radius 3 is 2.57 bits per heavy atom. The summed E-state index contributed by atoms with van der Waals surface area (Å²) in [7, 11) is 0. The molecule has 0 aliphatic carbocycles. The van der Waals surface area contributed by atoms with Crippen LogP contribution >= 0.6 is 0 Å². The molecule has 0 amide bonds. The highest BCUT2D eigenvalue weighted by Crippen LogP contribution is 2.20. The van der Waals surface area contributed by atoms with E-state index in [1.807, 2.05) is 6.92 Å². The lowest BCUT2D eigenvalue weighted by atomic mass is 10.1. The minimum absolute atomic E-state index is 0.681. The highest BCUT2D eigenvalue weighted by molar-refractivity contribution is 5.56.